The van der Waals surface area contributed by atoms with E-state index >= 15 is 0 Å². The van der Waals surface area contributed by atoms with Crippen LogP contribution in [0.25, 0.3) is 0 Å². The highest BCUT2D eigenvalue weighted by molar-refractivity contribution is 4.85. The molecule has 14 heavy (non-hydrogen) atoms. The van der Waals surface area contributed by atoms with Crippen molar-refractivity contribution in [3.8, 4) is 0 Å². The second-order valence-electron chi connectivity index (χ2n) is 5.36. The number of hydrogen-bond donors (Lipinski definition) is 0. The van der Waals surface area contributed by atoms with Crippen LogP contribution < -0.4 is 0 Å². The molecule has 2 aliphatic rings. The van der Waals surface area contributed by atoms with E-state index in [-0.39, 0.29) is 0 Å². The third-order valence-electron chi connectivity index (χ3n) is 4.00. The van der Waals surface area contributed by atoms with Gasteiger partial charge in [0.15, 0.2) is 0 Å². The fraction of sp³-hybridized carbons (Fsp3) is 1.00. The maximum absolute atomic E-state index is 5.26. The molecule has 2 rings (SSSR count). The van der Waals surface area contributed by atoms with Gasteiger partial charge in [0.2, 0.25) is 0 Å². The predicted octanol–water partition coefficient (Wildman–Crippen LogP) is 2.00. The van der Waals surface area contributed by atoms with Gasteiger partial charge in [-0.25, -0.2) is 0 Å². The van der Waals surface area contributed by atoms with Crippen molar-refractivity contribution >= 4 is 0 Å². The van der Waals surface area contributed by atoms with Crippen LogP contribution in [-0.2, 0) is 4.74 Å². The molecule has 2 heteroatoms. The van der Waals surface area contributed by atoms with Gasteiger partial charge < -0.3 is 4.74 Å². The zero-order chi connectivity index (χ0) is 10.1. The molecule has 0 N–H and O–H groups in total. The molecular formula is C12H23NO. The van der Waals surface area contributed by atoms with Crippen LogP contribution in [0, 0.1) is 17.8 Å². The Balaban J connectivity index is 1.85. The number of hydrogen-bond acceptors (Lipinski definition) is 2. The van der Waals surface area contributed by atoms with Crippen molar-refractivity contribution < 1.29 is 4.74 Å². The maximum atomic E-state index is 5.26. The van der Waals surface area contributed by atoms with Crippen molar-refractivity contribution in [1.29, 1.82) is 0 Å². The van der Waals surface area contributed by atoms with Crippen LogP contribution in [-0.4, -0.2) is 37.2 Å². The summed E-state index contributed by atoms with van der Waals surface area (Å²) in [7, 11) is 0. The SMILES string of the molecule is CC(C)[C@H]1CCN(C2COC2)C[C@H]1C. The summed E-state index contributed by atoms with van der Waals surface area (Å²) in [4.78, 5) is 2.63. The van der Waals surface area contributed by atoms with E-state index in [2.05, 4.69) is 25.7 Å². The van der Waals surface area contributed by atoms with E-state index in [1.807, 2.05) is 0 Å². The second kappa shape index (κ2) is 4.19. The van der Waals surface area contributed by atoms with Gasteiger partial charge in [-0.2, -0.15) is 0 Å². The molecule has 0 aromatic rings. The normalized spacial score (nSPS) is 36.0. The zero-order valence-electron chi connectivity index (χ0n) is 9.70. The third kappa shape index (κ3) is 1.96. The number of likely N-dealkylation sites (tertiary alicyclic amines) is 1. The first-order valence-electron chi connectivity index (χ1n) is 6.00. The highest BCUT2D eigenvalue weighted by atomic mass is 16.5. The summed E-state index contributed by atoms with van der Waals surface area (Å²) in [5, 5.41) is 0. The Bertz CT molecular complexity index is 189. The summed E-state index contributed by atoms with van der Waals surface area (Å²) in [5.74, 6) is 2.65. The van der Waals surface area contributed by atoms with Gasteiger partial charge in [-0.05, 0) is 30.7 Å². The predicted molar refractivity (Wildman–Crippen MR) is 58.3 cm³/mol. The molecule has 0 aromatic heterocycles. The molecule has 82 valence electrons. The van der Waals surface area contributed by atoms with Crippen molar-refractivity contribution in [3.05, 3.63) is 0 Å². The Morgan fingerprint density at radius 2 is 2.00 bits per heavy atom. The first-order chi connectivity index (χ1) is 6.68. The molecule has 2 atom stereocenters. The smallest absolute Gasteiger partial charge is 0.0645 e. The fourth-order valence-electron chi connectivity index (χ4n) is 2.95. The summed E-state index contributed by atoms with van der Waals surface area (Å²) >= 11 is 0. The molecule has 0 unspecified atom stereocenters. The average Bonchev–Trinajstić information content (AvgIpc) is 2.00. The number of rotatable bonds is 2. The highest BCUT2D eigenvalue weighted by Crippen LogP contribution is 2.31. The van der Waals surface area contributed by atoms with E-state index in [9.17, 15) is 0 Å². The van der Waals surface area contributed by atoms with Crippen LogP contribution in [0.15, 0.2) is 0 Å². The lowest BCUT2D eigenvalue weighted by Crippen LogP contribution is -2.54. The summed E-state index contributed by atoms with van der Waals surface area (Å²) in [6.07, 6.45) is 1.38. The Kier molecular flexibility index (Phi) is 3.13. The van der Waals surface area contributed by atoms with Gasteiger partial charge in [0.25, 0.3) is 0 Å². The van der Waals surface area contributed by atoms with Gasteiger partial charge in [0.05, 0.1) is 19.3 Å². The quantitative estimate of drug-likeness (QED) is 0.671. The molecule has 0 saturated carbocycles. The molecule has 2 fully saturated rings. The summed E-state index contributed by atoms with van der Waals surface area (Å²) in [5.41, 5.74) is 0. The Labute approximate surface area is 87.6 Å². The molecular weight excluding hydrogens is 174 g/mol. The number of ether oxygens (including phenoxy) is 1. The van der Waals surface area contributed by atoms with Gasteiger partial charge in [-0.1, -0.05) is 20.8 Å². The lowest BCUT2D eigenvalue weighted by Gasteiger charge is -2.45. The Morgan fingerprint density at radius 1 is 1.29 bits per heavy atom. The number of nitrogens with zero attached hydrogens (tertiary/aromatic N) is 1. The van der Waals surface area contributed by atoms with Gasteiger partial charge in [-0.3, -0.25) is 4.90 Å². The second-order valence-corrected chi connectivity index (χ2v) is 5.36. The third-order valence-corrected chi connectivity index (χ3v) is 4.00. The van der Waals surface area contributed by atoms with Crippen LogP contribution in [0.3, 0.4) is 0 Å². The first kappa shape index (κ1) is 10.4. The van der Waals surface area contributed by atoms with E-state index in [0.29, 0.717) is 0 Å². The summed E-state index contributed by atoms with van der Waals surface area (Å²) in [6, 6.07) is 0.741. The fourth-order valence-corrected chi connectivity index (χ4v) is 2.95. The minimum atomic E-state index is 0.741. The minimum absolute atomic E-state index is 0.741. The molecule has 0 bridgehead atoms. The van der Waals surface area contributed by atoms with Crippen molar-refractivity contribution in [3.63, 3.8) is 0 Å². The lowest BCUT2D eigenvalue weighted by atomic mass is 9.79. The van der Waals surface area contributed by atoms with E-state index in [4.69, 9.17) is 4.74 Å². The van der Waals surface area contributed by atoms with Crippen molar-refractivity contribution in [2.75, 3.05) is 26.3 Å². The number of piperidine rings is 1. The van der Waals surface area contributed by atoms with Gasteiger partial charge in [0, 0.05) is 6.54 Å². The van der Waals surface area contributed by atoms with Crippen LogP contribution in [0.2, 0.25) is 0 Å². The molecule has 0 spiro atoms. The van der Waals surface area contributed by atoms with Crippen molar-refractivity contribution in [2.45, 2.75) is 33.2 Å². The average molecular weight is 197 g/mol. The summed E-state index contributed by atoms with van der Waals surface area (Å²) < 4.78 is 5.26. The van der Waals surface area contributed by atoms with Gasteiger partial charge >= 0.3 is 0 Å². The molecule has 0 radical (unpaired) electrons. The summed E-state index contributed by atoms with van der Waals surface area (Å²) in [6.45, 7) is 11.7. The molecule has 0 aromatic carbocycles. The first-order valence-corrected chi connectivity index (χ1v) is 6.00. The lowest BCUT2D eigenvalue weighted by molar-refractivity contribution is -0.0837. The van der Waals surface area contributed by atoms with Crippen LogP contribution in [0.1, 0.15) is 27.2 Å². The Hall–Kier alpha value is -0.0800. The van der Waals surface area contributed by atoms with Crippen LogP contribution in [0.4, 0.5) is 0 Å². The van der Waals surface area contributed by atoms with Crippen molar-refractivity contribution in [2.24, 2.45) is 17.8 Å². The molecule has 0 amide bonds. The molecule has 2 aliphatic heterocycles. The topological polar surface area (TPSA) is 12.5 Å². The van der Waals surface area contributed by atoms with Crippen LogP contribution in [0.5, 0.6) is 0 Å². The van der Waals surface area contributed by atoms with E-state index < -0.39 is 0 Å². The van der Waals surface area contributed by atoms with E-state index in [0.717, 1.165) is 37.0 Å². The molecule has 2 heterocycles. The molecule has 2 nitrogen and oxygen atoms in total. The van der Waals surface area contributed by atoms with Crippen molar-refractivity contribution in [1.82, 2.24) is 4.90 Å². The highest BCUT2D eigenvalue weighted by Gasteiger charge is 2.33. The Morgan fingerprint density at radius 3 is 2.43 bits per heavy atom. The standard InChI is InChI=1S/C12H23NO/c1-9(2)12-4-5-13(6-10(12)3)11-7-14-8-11/h9-12H,4-8H2,1-3H3/t10-,12-/m1/s1. The minimum Gasteiger partial charge on any atom is -0.378 e. The van der Waals surface area contributed by atoms with Gasteiger partial charge in [-0.15, -0.1) is 0 Å². The monoisotopic (exact) mass is 197 g/mol. The van der Waals surface area contributed by atoms with Crippen LogP contribution >= 0.6 is 0 Å². The van der Waals surface area contributed by atoms with E-state index in [1.54, 1.807) is 0 Å². The zero-order valence-corrected chi connectivity index (χ0v) is 9.70. The van der Waals surface area contributed by atoms with E-state index in [1.165, 1.54) is 19.5 Å². The maximum Gasteiger partial charge on any atom is 0.0645 e. The molecule has 2 saturated heterocycles. The largest absolute Gasteiger partial charge is 0.378 e. The molecule has 0 aliphatic carbocycles. The van der Waals surface area contributed by atoms with Gasteiger partial charge in [0.1, 0.15) is 0 Å².